The summed E-state index contributed by atoms with van der Waals surface area (Å²) < 4.78 is 0. The molecule has 0 radical (unpaired) electrons. The minimum atomic E-state index is 0.592. The summed E-state index contributed by atoms with van der Waals surface area (Å²) in [4.78, 5) is 0. The van der Waals surface area contributed by atoms with Crippen molar-refractivity contribution in [1.29, 1.82) is 0 Å². The van der Waals surface area contributed by atoms with Crippen molar-refractivity contribution in [2.24, 2.45) is 5.41 Å². The average Bonchev–Trinajstić information content (AvgIpc) is 3.11. The second kappa shape index (κ2) is 4.45. The number of hydrogen-bond donors (Lipinski definition) is 1. The Balaban J connectivity index is 1.57. The van der Waals surface area contributed by atoms with Crippen molar-refractivity contribution in [3.05, 3.63) is 35.4 Å². The van der Waals surface area contributed by atoms with Crippen molar-refractivity contribution >= 4 is 0 Å². The van der Waals surface area contributed by atoms with Crippen LogP contribution in [0.2, 0.25) is 0 Å². The summed E-state index contributed by atoms with van der Waals surface area (Å²) in [5.41, 5.74) is 3.71. The first-order valence-electron chi connectivity index (χ1n) is 7.05. The Morgan fingerprint density at radius 2 is 2.00 bits per heavy atom. The van der Waals surface area contributed by atoms with Gasteiger partial charge in [0.2, 0.25) is 0 Å². The van der Waals surface area contributed by atoms with Crippen molar-refractivity contribution in [2.45, 2.75) is 51.5 Å². The molecule has 0 bridgehead atoms. The zero-order chi connectivity index (χ0) is 11.7. The summed E-state index contributed by atoms with van der Waals surface area (Å²) in [5, 5.41) is 3.67. The Morgan fingerprint density at radius 3 is 2.65 bits per heavy atom. The molecule has 1 aromatic carbocycles. The van der Waals surface area contributed by atoms with Gasteiger partial charge in [-0.15, -0.1) is 0 Å². The smallest absolute Gasteiger partial charge is 0.0208 e. The standard InChI is InChI=1S/C16H23N/c1-16(9-4-10-16)12-17-11-14-5-2-3-6-15(14)13-7-8-13/h2-3,5-6,13,17H,4,7-12H2,1H3. The minimum Gasteiger partial charge on any atom is -0.312 e. The molecule has 2 saturated carbocycles. The zero-order valence-corrected chi connectivity index (χ0v) is 10.8. The third-order valence-electron chi connectivity index (χ3n) is 4.50. The van der Waals surface area contributed by atoms with E-state index < -0.39 is 0 Å². The van der Waals surface area contributed by atoms with Gasteiger partial charge in [0, 0.05) is 13.1 Å². The lowest BCUT2D eigenvalue weighted by atomic mass is 9.70. The van der Waals surface area contributed by atoms with E-state index in [0.29, 0.717) is 5.41 Å². The minimum absolute atomic E-state index is 0.592. The molecule has 1 N–H and O–H groups in total. The molecule has 2 aliphatic carbocycles. The van der Waals surface area contributed by atoms with Crippen molar-refractivity contribution in [3.8, 4) is 0 Å². The van der Waals surface area contributed by atoms with E-state index in [0.717, 1.165) is 12.5 Å². The maximum atomic E-state index is 3.67. The predicted molar refractivity (Wildman–Crippen MR) is 72.1 cm³/mol. The van der Waals surface area contributed by atoms with Crippen molar-refractivity contribution in [2.75, 3.05) is 6.54 Å². The van der Waals surface area contributed by atoms with E-state index in [4.69, 9.17) is 0 Å². The van der Waals surface area contributed by atoms with Gasteiger partial charge in [0.05, 0.1) is 0 Å². The van der Waals surface area contributed by atoms with E-state index in [1.165, 1.54) is 44.2 Å². The van der Waals surface area contributed by atoms with Gasteiger partial charge >= 0.3 is 0 Å². The Morgan fingerprint density at radius 1 is 1.24 bits per heavy atom. The molecule has 0 heterocycles. The maximum Gasteiger partial charge on any atom is 0.0208 e. The molecule has 17 heavy (non-hydrogen) atoms. The summed E-state index contributed by atoms with van der Waals surface area (Å²) in [6.07, 6.45) is 7.04. The Hall–Kier alpha value is -0.820. The van der Waals surface area contributed by atoms with E-state index in [1.807, 2.05) is 0 Å². The van der Waals surface area contributed by atoms with Crippen LogP contribution in [0.4, 0.5) is 0 Å². The van der Waals surface area contributed by atoms with Gasteiger partial charge in [0.25, 0.3) is 0 Å². The van der Waals surface area contributed by atoms with Crippen LogP contribution in [0.15, 0.2) is 24.3 Å². The Labute approximate surface area is 105 Å². The van der Waals surface area contributed by atoms with E-state index in [9.17, 15) is 0 Å². The Kier molecular flexibility index (Phi) is 2.96. The van der Waals surface area contributed by atoms with Gasteiger partial charge in [0.15, 0.2) is 0 Å². The van der Waals surface area contributed by atoms with Crippen LogP contribution in [-0.2, 0) is 6.54 Å². The van der Waals surface area contributed by atoms with Crippen LogP contribution < -0.4 is 5.32 Å². The zero-order valence-electron chi connectivity index (χ0n) is 10.8. The SMILES string of the molecule is CC1(CNCc2ccccc2C2CC2)CCC1. The molecule has 0 aromatic heterocycles. The third kappa shape index (κ3) is 2.55. The number of rotatable bonds is 5. The van der Waals surface area contributed by atoms with Crippen LogP contribution in [0.25, 0.3) is 0 Å². The molecule has 2 fully saturated rings. The normalized spacial score (nSPS) is 22.2. The highest BCUT2D eigenvalue weighted by atomic mass is 14.9. The summed E-state index contributed by atoms with van der Waals surface area (Å²) in [6, 6.07) is 8.97. The van der Waals surface area contributed by atoms with Crippen LogP contribution in [0, 0.1) is 5.41 Å². The summed E-state index contributed by atoms with van der Waals surface area (Å²) in [7, 11) is 0. The molecule has 0 saturated heterocycles. The van der Waals surface area contributed by atoms with Gasteiger partial charge in [-0.25, -0.2) is 0 Å². The molecule has 0 aliphatic heterocycles. The second-order valence-corrected chi connectivity index (χ2v) is 6.24. The molecule has 92 valence electrons. The number of nitrogens with one attached hydrogen (secondary N) is 1. The largest absolute Gasteiger partial charge is 0.312 e. The molecule has 1 aromatic rings. The van der Waals surface area contributed by atoms with Gasteiger partial charge in [-0.2, -0.15) is 0 Å². The van der Waals surface area contributed by atoms with Crippen LogP contribution in [-0.4, -0.2) is 6.54 Å². The quantitative estimate of drug-likeness (QED) is 0.809. The van der Waals surface area contributed by atoms with E-state index >= 15 is 0 Å². The van der Waals surface area contributed by atoms with Gasteiger partial charge in [-0.05, 0) is 48.1 Å². The summed E-state index contributed by atoms with van der Waals surface area (Å²) in [5.74, 6) is 0.868. The number of benzene rings is 1. The summed E-state index contributed by atoms with van der Waals surface area (Å²) in [6.45, 7) is 4.66. The molecular formula is C16H23N. The first-order valence-corrected chi connectivity index (χ1v) is 7.05. The predicted octanol–water partition coefficient (Wildman–Crippen LogP) is 3.84. The second-order valence-electron chi connectivity index (χ2n) is 6.24. The van der Waals surface area contributed by atoms with Gasteiger partial charge in [0.1, 0.15) is 0 Å². The van der Waals surface area contributed by atoms with Crippen LogP contribution in [0.3, 0.4) is 0 Å². The van der Waals surface area contributed by atoms with E-state index in [1.54, 1.807) is 5.56 Å². The highest BCUT2D eigenvalue weighted by molar-refractivity contribution is 5.33. The van der Waals surface area contributed by atoms with Crippen molar-refractivity contribution in [1.82, 2.24) is 5.32 Å². The molecule has 3 rings (SSSR count). The van der Waals surface area contributed by atoms with Crippen molar-refractivity contribution < 1.29 is 0 Å². The Bertz CT molecular complexity index is 388. The van der Waals surface area contributed by atoms with Crippen LogP contribution >= 0.6 is 0 Å². The molecule has 1 heteroatoms. The molecule has 0 atom stereocenters. The van der Waals surface area contributed by atoms with Gasteiger partial charge < -0.3 is 5.32 Å². The first-order chi connectivity index (χ1) is 8.27. The fourth-order valence-electron chi connectivity index (χ4n) is 2.94. The maximum absolute atomic E-state index is 3.67. The molecule has 1 nitrogen and oxygen atoms in total. The fourth-order valence-corrected chi connectivity index (χ4v) is 2.94. The lowest BCUT2D eigenvalue weighted by molar-refractivity contribution is 0.156. The molecular weight excluding hydrogens is 206 g/mol. The molecule has 0 spiro atoms. The summed E-state index contributed by atoms with van der Waals surface area (Å²) >= 11 is 0. The fraction of sp³-hybridized carbons (Fsp3) is 0.625. The lowest BCUT2D eigenvalue weighted by Crippen LogP contribution is -2.37. The van der Waals surface area contributed by atoms with Gasteiger partial charge in [-0.1, -0.05) is 37.6 Å². The van der Waals surface area contributed by atoms with Crippen molar-refractivity contribution in [3.63, 3.8) is 0 Å². The lowest BCUT2D eigenvalue weighted by Gasteiger charge is -2.38. The van der Waals surface area contributed by atoms with E-state index in [-0.39, 0.29) is 0 Å². The van der Waals surface area contributed by atoms with Crippen LogP contribution in [0.1, 0.15) is 56.1 Å². The molecule has 2 aliphatic rings. The monoisotopic (exact) mass is 229 g/mol. The van der Waals surface area contributed by atoms with Crippen LogP contribution in [0.5, 0.6) is 0 Å². The average molecular weight is 229 g/mol. The highest BCUT2D eigenvalue weighted by Crippen LogP contribution is 2.42. The topological polar surface area (TPSA) is 12.0 Å². The van der Waals surface area contributed by atoms with E-state index in [2.05, 4.69) is 36.5 Å². The highest BCUT2D eigenvalue weighted by Gasteiger charge is 2.31. The first kappa shape index (κ1) is 11.3. The third-order valence-corrected chi connectivity index (χ3v) is 4.50. The molecule has 0 unspecified atom stereocenters. The molecule has 0 amide bonds. The number of hydrogen-bond acceptors (Lipinski definition) is 1. The van der Waals surface area contributed by atoms with Gasteiger partial charge in [-0.3, -0.25) is 0 Å².